The number of piperidine rings is 1. The lowest BCUT2D eigenvalue weighted by Crippen LogP contribution is -2.58. The minimum atomic E-state index is -2.32. The van der Waals surface area contributed by atoms with Crippen molar-refractivity contribution in [3.05, 3.63) is 30.3 Å². The average molecular weight is 269 g/mol. The zero-order valence-electron chi connectivity index (χ0n) is 11.0. The molecular formula is C14H21F2N3. The largest absolute Gasteiger partial charge is 0.371 e. The lowest BCUT2D eigenvalue weighted by Gasteiger charge is -2.42. The van der Waals surface area contributed by atoms with E-state index in [4.69, 9.17) is 5.73 Å². The summed E-state index contributed by atoms with van der Waals surface area (Å²) in [6.45, 7) is 1.82. The van der Waals surface area contributed by atoms with Gasteiger partial charge in [0.2, 0.25) is 0 Å². The van der Waals surface area contributed by atoms with Crippen LogP contribution in [0.15, 0.2) is 30.3 Å². The van der Waals surface area contributed by atoms with Crippen LogP contribution < -0.4 is 16.0 Å². The smallest absolute Gasteiger partial charge is 0.250 e. The van der Waals surface area contributed by atoms with Crippen LogP contribution in [-0.4, -0.2) is 38.1 Å². The van der Waals surface area contributed by atoms with Crippen LogP contribution in [-0.2, 0) is 0 Å². The van der Waals surface area contributed by atoms with Gasteiger partial charge >= 0.3 is 0 Å². The van der Waals surface area contributed by atoms with Crippen molar-refractivity contribution in [1.82, 2.24) is 5.32 Å². The van der Waals surface area contributed by atoms with Gasteiger partial charge < -0.3 is 16.0 Å². The SMILES string of the molecule is NCC1(NCC(F)F)CCN(c2ccccc2)CC1. The fourth-order valence-electron chi connectivity index (χ4n) is 2.58. The van der Waals surface area contributed by atoms with Gasteiger partial charge in [-0.2, -0.15) is 0 Å². The number of alkyl halides is 2. The third kappa shape index (κ3) is 3.64. The monoisotopic (exact) mass is 269 g/mol. The molecule has 106 valence electrons. The first-order chi connectivity index (χ1) is 9.15. The molecule has 0 aliphatic carbocycles. The number of nitrogens with two attached hydrogens (primary N) is 1. The van der Waals surface area contributed by atoms with E-state index in [-0.39, 0.29) is 12.1 Å². The van der Waals surface area contributed by atoms with Crippen molar-refractivity contribution in [3.8, 4) is 0 Å². The normalized spacial score (nSPS) is 18.8. The van der Waals surface area contributed by atoms with Crippen molar-refractivity contribution in [2.45, 2.75) is 24.8 Å². The molecule has 3 N–H and O–H groups in total. The van der Waals surface area contributed by atoms with E-state index in [1.807, 2.05) is 18.2 Å². The van der Waals surface area contributed by atoms with E-state index in [2.05, 4.69) is 22.3 Å². The molecule has 0 amide bonds. The Hall–Kier alpha value is -1.20. The molecule has 0 bridgehead atoms. The van der Waals surface area contributed by atoms with Gasteiger partial charge in [-0.15, -0.1) is 0 Å². The van der Waals surface area contributed by atoms with E-state index in [1.165, 1.54) is 5.69 Å². The fraction of sp³-hybridized carbons (Fsp3) is 0.571. The summed E-state index contributed by atoms with van der Waals surface area (Å²) < 4.78 is 24.6. The molecule has 1 aromatic carbocycles. The quantitative estimate of drug-likeness (QED) is 0.857. The summed E-state index contributed by atoms with van der Waals surface area (Å²) >= 11 is 0. The summed E-state index contributed by atoms with van der Waals surface area (Å²) in [7, 11) is 0. The summed E-state index contributed by atoms with van der Waals surface area (Å²) in [6, 6.07) is 10.1. The number of nitrogens with one attached hydrogen (secondary N) is 1. The predicted octanol–water partition coefficient (Wildman–Crippen LogP) is 1.84. The Morgan fingerprint density at radius 1 is 1.21 bits per heavy atom. The Morgan fingerprint density at radius 3 is 2.37 bits per heavy atom. The molecule has 1 aliphatic heterocycles. The maximum atomic E-state index is 12.3. The molecule has 1 aliphatic rings. The third-order valence-corrected chi connectivity index (χ3v) is 3.86. The molecule has 0 spiro atoms. The lowest BCUT2D eigenvalue weighted by molar-refractivity contribution is 0.123. The van der Waals surface area contributed by atoms with Crippen LogP contribution in [0.5, 0.6) is 0 Å². The standard InChI is InChI=1S/C14H21F2N3/c15-13(16)10-18-14(11-17)6-8-19(9-7-14)12-4-2-1-3-5-12/h1-5,13,18H,6-11,17H2. The van der Waals surface area contributed by atoms with E-state index < -0.39 is 6.43 Å². The highest BCUT2D eigenvalue weighted by Crippen LogP contribution is 2.25. The highest BCUT2D eigenvalue weighted by molar-refractivity contribution is 5.46. The van der Waals surface area contributed by atoms with Crippen LogP contribution in [0.1, 0.15) is 12.8 Å². The second-order valence-corrected chi connectivity index (χ2v) is 5.08. The van der Waals surface area contributed by atoms with E-state index in [0.717, 1.165) is 25.9 Å². The number of benzene rings is 1. The molecule has 5 heteroatoms. The average Bonchev–Trinajstić information content (AvgIpc) is 2.47. The zero-order chi connectivity index (χ0) is 13.7. The minimum absolute atomic E-state index is 0.275. The van der Waals surface area contributed by atoms with Crippen LogP contribution in [0.25, 0.3) is 0 Å². The second-order valence-electron chi connectivity index (χ2n) is 5.08. The Bertz CT molecular complexity index is 376. The Morgan fingerprint density at radius 2 is 1.84 bits per heavy atom. The van der Waals surface area contributed by atoms with Crippen LogP contribution >= 0.6 is 0 Å². The zero-order valence-corrected chi connectivity index (χ0v) is 11.0. The van der Waals surface area contributed by atoms with Gasteiger partial charge in [-0.05, 0) is 25.0 Å². The number of halogens is 2. The summed E-state index contributed by atoms with van der Waals surface area (Å²) in [4.78, 5) is 2.28. The van der Waals surface area contributed by atoms with E-state index in [9.17, 15) is 8.78 Å². The molecule has 2 rings (SSSR count). The number of nitrogens with zero attached hydrogens (tertiary/aromatic N) is 1. The minimum Gasteiger partial charge on any atom is -0.371 e. The van der Waals surface area contributed by atoms with E-state index in [0.29, 0.717) is 6.54 Å². The maximum Gasteiger partial charge on any atom is 0.250 e. The molecule has 1 fully saturated rings. The fourth-order valence-corrected chi connectivity index (χ4v) is 2.58. The van der Waals surface area contributed by atoms with Crippen LogP contribution in [0.4, 0.5) is 14.5 Å². The van der Waals surface area contributed by atoms with Gasteiger partial charge in [-0.25, -0.2) is 8.78 Å². The van der Waals surface area contributed by atoms with Crippen LogP contribution in [0.2, 0.25) is 0 Å². The molecule has 0 atom stereocenters. The molecule has 0 aromatic heterocycles. The Labute approximate surface area is 112 Å². The Balaban J connectivity index is 1.93. The van der Waals surface area contributed by atoms with Crippen molar-refractivity contribution in [2.75, 3.05) is 31.1 Å². The van der Waals surface area contributed by atoms with Crippen LogP contribution in [0, 0.1) is 0 Å². The molecule has 3 nitrogen and oxygen atoms in total. The van der Waals surface area contributed by atoms with E-state index in [1.54, 1.807) is 0 Å². The Kier molecular flexibility index (Phi) is 4.71. The van der Waals surface area contributed by atoms with Crippen molar-refractivity contribution in [2.24, 2.45) is 5.73 Å². The molecule has 1 saturated heterocycles. The maximum absolute atomic E-state index is 12.3. The van der Waals surface area contributed by atoms with E-state index >= 15 is 0 Å². The highest BCUT2D eigenvalue weighted by Gasteiger charge is 2.33. The second kappa shape index (κ2) is 6.30. The topological polar surface area (TPSA) is 41.3 Å². The van der Waals surface area contributed by atoms with Gasteiger partial charge in [0, 0.05) is 30.9 Å². The highest BCUT2D eigenvalue weighted by atomic mass is 19.3. The van der Waals surface area contributed by atoms with Gasteiger partial charge in [0.15, 0.2) is 0 Å². The molecule has 19 heavy (non-hydrogen) atoms. The molecule has 0 saturated carbocycles. The molecule has 0 unspecified atom stereocenters. The predicted molar refractivity (Wildman–Crippen MR) is 73.7 cm³/mol. The van der Waals surface area contributed by atoms with Gasteiger partial charge in [0.1, 0.15) is 0 Å². The summed E-state index contributed by atoms with van der Waals surface area (Å²) in [5.41, 5.74) is 6.63. The van der Waals surface area contributed by atoms with Crippen LogP contribution in [0.3, 0.4) is 0 Å². The first-order valence-corrected chi connectivity index (χ1v) is 6.68. The molecular weight excluding hydrogens is 248 g/mol. The summed E-state index contributed by atoms with van der Waals surface area (Å²) in [6.07, 6.45) is -0.730. The first-order valence-electron chi connectivity index (χ1n) is 6.68. The van der Waals surface area contributed by atoms with Gasteiger partial charge in [-0.1, -0.05) is 18.2 Å². The number of hydrogen-bond acceptors (Lipinski definition) is 3. The van der Waals surface area contributed by atoms with Crippen molar-refractivity contribution < 1.29 is 8.78 Å². The molecule has 1 aromatic rings. The third-order valence-electron chi connectivity index (χ3n) is 3.86. The van der Waals surface area contributed by atoms with Gasteiger partial charge in [0.05, 0.1) is 6.54 Å². The van der Waals surface area contributed by atoms with Crippen molar-refractivity contribution >= 4 is 5.69 Å². The van der Waals surface area contributed by atoms with Gasteiger partial charge in [0.25, 0.3) is 6.43 Å². The van der Waals surface area contributed by atoms with Gasteiger partial charge in [-0.3, -0.25) is 0 Å². The molecule has 0 radical (unpaired) electrons. The summed E-state index contributed by atoms with van der Waals surface area (Å²) in [5, 5.41) is 2.95. The van der Waals surface area contributed by atoms with Crippen molar-refractivity contribution in [1.29, 1.82) is 0 Å². The number of para-hydroxylation sites is 1. The van der Waals surface area contributed by atoms with Crippen molar-refractivity contribution in [3.63, 3.8) is 0 Å². The summed E-state index contributed by atoms with van der Waals surface area (Å²) in [5.74, 6) is 0. The first kappa shape index (κ1) is 14.2. The number of rotatable bonds is 5. The number of anilines is 1. The lowest BCUT2D eigenvalue weighted by atomic mass is 9.87. The number of hydrogen-bond donors (Lipinski definition) is 2. The molecule has 1 heterocycles.